The van der Waals surface area contributed by atoms with Crippen molar-refractivity contribution in [2.24, 2.45) is 5.11 Å². The maximum atomic E-state index is 13.2. The molecule has 1 aromatic rings. The Morgan fingerprint density at radius 1 is 1.53 bits per heavy atom. The van der Waals surface area contributed by atoms with Crippen molar-refractivity contribution < 1.29 is 4.39 Å². The van der Waals surface area contributed by atoms with Gasteiger partial charge < -0.3 is 0 Å². The monoisotopic (exact) mass is 223 g/mol. The van der Waals surface area contributed by atoms with Crippen molar-refractivity contribution >= 4 is 11.6 Å². The van der Waals surface area contributed by atoms with E-state index < -0.39 is 5.82 Å². The molecule has 0 N–H and O–H groups in total. The van der Waals surface area contributed by atoms with Gasteiger partial charge in [-0.3, -0.25) is 0 Å². The number of benzene rings is 1. The fourth-order valence-corrected chi connectivity index (χ4v) is 1.13. The molecule has 0 heterocycles. The van der Waals surface area contributed by atoms with E-state index in [9.17, 15) is 4.39 Å². The van der Waals surface area contributed by atoms with Gasteiger partial charge in [-0.2, -0.15) is 0 Å². The molecule has 0 atom stereocenters. The summed E-state index contributed by atoms with van der Waals surface area (Å²) in [6.07, 6.45) is 0.384. The van der Waals surface area contributed by atoms with Crippen LogP contribution in [-0.4, -0.2) is 6.54 Å². The van der Waals surface area contributed by atoms with Crippen LogP contribution in [0.5, 0.6) is 0 Å². The fraction of sp³-hybridized carbons (Fsp3) is 0.200. The van der Waals surface area contributed by atoms with E-state index in [1.165, 1.54) is 12.1 Å². The van der Waals surface area contributed by atoms with E-state index in [-0.39, 0.29) is 17.1 Å². The lowest BCUT2D eigenvalue weighted by Gasteiger charge is -1.95. The lowest BCUT2D eigenvalue weighted by atomic mass is 10.2. The molecule has 0 radical (unpaired) electrons. The van der Waals surface area contributed by atoms with Gasteiger partial charge in [0.1, 0.15) is 5.82 Å². The van der Waals surface area contributed by atoms with Crippen LogP contribution in [0.1, 0.15) is 12.0 Å². The van der Waals surface area contributed by atoms with Gasteiger partial charge in [-0.1, -0.05) is 34.6 Å². The molecule has 1 aromatic carbocycles. The maximum Gasteiger partial charge on any atom is 0.140 e. The van der Waals surface area contributed by atoms with E-state index in [1.54, 1.807) is 6.07 Å². The number of hydrogen-bond donors (Lipinski definition) is 0. The van der Waals surface area contributed by atoms with Gasteiger partial charge in [-0.25, -0.2) is 4.39 Å². The Balaban J connectivity index is 2.75. The summed E-state index contributed by atoms with van der Waals surface area (Å²) in [6.45, 7) is 0.273. The van der Waals surface area contributed by atoms with Crippen LogP contribution >= 0.6 is 11.6 Å². The van der Waals surface area contributed by atoms with Crippen LogP contribution in [0.2, 0.25) is 5.02 Å². The van der Waals surface area contributed by atoms with Crippen molar-refractivity contribution in [3.8, 4) is 11.8 Å². The molecule has 1 rings (SSSR count). The van der Waals surface area contributed by atoms with Crippen molar-refractivity contribution in [3.63, 3.8) is 0 Å². The summed E-state index contributed by atoms with van der Waals surface area (Å²) in [5.74, 6) is 4.83. The fourth-order valence-electron chi connectivity index (χ4n) is 0.919. The average molecular weight is 224 g/mol. The number of hydrogen-bond acceptors (Lipinski definition) is 1. The Bertz CT molecular complexity index is 435. The van der Waals surface area contributed by atoms with E-state index in [4.69, 9.17) is 17.1 Å². The van der Waals surface area contributed by atoms with Crippen LogP contribution in [0.25, 0.3) is 10.4 Å². The molecule has 0 aromatic heterocycles. The smallest absolute Gasteiger partial charge is 0.140 e. The molecule has 0 spiro atoms. The summed E-state index contributed by atoms with van der Waals surface area (Å²) in [6, 6.07) is 4.38. The zero-order valence-corrected chi connectivity index (χ0v) is 8.50. The van der Waals surface area contributed by atoms with E-state index in [1.807, 2.05) is 0 Å². The van der Waals surface area contributed by atoms with Gasteiger partial charge in [0.05, 0.1) is 10.6 Å². The van der Waals surface area contributed by atoms with Crippen molar-refractivity contribution in [1.82, 2.24) is 0 Å². The lowest BCUT2D eigenvalue weighted by Crippen LogP contribution is -1.84. The van der Waals surface area contributed by atoms with Gasteiger partial charge >= 0.3 is 0 Å². The zero-order chi connectivity index (χ0) is 11.1. The lowest BCUT2D eigenvalue weighted by molar-refractivity contribution is 0.624. The molecule has 0 aliphatic heterocycles. The first-order chi connectivity index (χ1) is 7.25. The summed E-state index contributed by atoms with van der Waals surface area (Å²) in [7, 11) is 0. The number of nitrogens with zero attached hydrogens (tertiary/aromatic N) is 3. The minimum atomic E-state index is -0.446. The second kappa shape index (κ2) is 5.92. The normalized spacial score (nSPS) is 8.67. The summed E-state index contributed by atoms with van der Waals surface area (Å²) in [4.78, 5) is 2.57. The van der Waals surface area contributed by atoms with Crippen LogP contribution in [0.15, 0.2) is 23.3 Å². The van der Waals surface area contributed by atoms with Gasteiger partial charge in [0.25, 0.3) is 0 Å². The highest BCUT2D eigenvalue weighted by Gasteiger charge is 2.01. The minimum absolute atomic E-state index is 0.181. The molecule has 0 unspecified atom stereocenters. The van der Waals surface area contributed by atoms with Crippen LogP contribution in [0.3, 0.4) is 0 Å². The predicted octanol–water partition coefficient (Wildman–Crippen LogP) is 3.53. The first-order valence-corrected chi connectivity index (χ1v) is 4.57. The molecular weight excluding hydrogens is 217 g/mol. The largest absolute Gasteiger partial charge is 0.206 e. The van der Waals surface area contributed by atoms with Gasteiger partial charge in [-0.05, 0) is 17.7 Å². The first-order valence-electron chi connectivity index (χ1n) is 4.19. The van der Waals surface area contributed by atoms with E-state index in [0.29, 0.717) is 6.42 Å². The highest BCUT2D eigenvalue weighted by Crippen LogP contribution is 2.17. The molecule has 0 bridgehead atoms. The summed E-state index contributed by atoms with van der Waals surface area (Å²) >= 11 is 5.75. The molecule has 3 nitrogen and oxygen atoms in total. The standard InChI is InChI=1S/C10H7ClFN3/c11-9-5-3-6-10(12)8(9)4-1-2-7-14-15-13/h3,5-6H,2,7H2. The second-order valence-corrected chi connectivity index (χ2v) is 3.01. The molecular formula is C10H7ClFN3. The van der Waals surface area contributed by atoms with E-state index in [0.717, 1.165) is 0 Å². The third-order valence-corrected chi connectivity index (χ3v) is 1.89. The Morgan fingerprint density at radius 3 is 3.00 bits per heavy atom. The van der Waals surface area contributed by atoms with Crippen LogP contribution in [-0.2, 0) is 0 Å². The van der Waals surface area contributed by atoms with E-state index >= 15 is 0 Å². The summed E-state index contributed by atoms with van der Waals surface area (Å²) in [5.41, 5.74) is 8.18. The van der Waals surface area contributed by atoms with Gasteiger partial charge in [0, 0.05) is 17.9 Å². The Labute approximate surface area is 91.5 Å². The summed E-state index contributed by atoms with van der Waals surface area (Å²) in [5, 5.41) is 3.58. The number of azide groups is 1. The van der Waals surface area contributed by atoms with Crippen molar-refractivity contribution in [2.45, 2.75) is 6.42 Å². The minimum Gasteiger partial charge on any atom is -0.206 e. The van der Waals surface area contributed by atoms with Crippen molar-refractivity contribution in [3.05, 3.63) is 45.0 Å². The van der Waals surface area contributed by atoms with Crippen LogP contribution in [0, 0.1) is 17.7 Å². The van der Waals surface area contributed by atoms with Crippen molar-refractivity contribution in [1.29, 1.82) is 0 Å². The van der Waals surface area contributed by atoms with Crippen molar-refractivity contribution in [2.75, 3.05) is 6.54 Å². The molecule has 5 heteroatoms. The quantitative estimate of drug-likeness (QED) is 0.242. The molecule has 0 fully saturated rings. The number of halogens is 2. The predicted molar refractivity (Wildman–Crippen MR) is 56.9 cm³/mol. The molecule has 15 heavy (non-hydrogen) atoms. The van der Waals surface area contributed by atoms with Crippen LogP contribution in [0.4, 0.5) is 4.39 Å². The molecule has 0 aliphatic rings. The molecule has 0 saturated carbocycles. The van der Waals surface area contributed by atoms with E-state index in [2.05, 4.69) is 21.9 Å². The van der Waals surface area contributed by atoms with Crippen LogP contribution < -0.4 is 0 Å². The Morgan fingerprint density at radius 2 is 2.33 bits per heavy atom. The molecule has 0 saturated heterocycles. The van der Waals surface area contributed by atoms with Gasteiger partial charge in [0.2, 0.25) is 0 Å². The molecule has 76 valence electrons. The topological polar surface area (TPSA) is 48.8 Å². The first kappa shape index (κ1) is 11.4. The Hall–Kier alpha value is -1.69. The van der Waals surface area contributed by atoms with Gasteiger partial charge in [-0.15, -0.1) is 0 Å². The number of rotatable bonds is 2. The highest BCUT2D eigenvalue weighted by atomic mass is 35.5. The second-order valence-electron chi connectivity index (χ2n) is 2.60. The molecule has 0 aliphatic carbocycles. The Kier molecular flexibility index (Phi) is 4.49. The SMILES string of the molecule is [N-]=[N+]=NCCC#Cc1c(F)cccc1Cl. The average Bonchev–Trinajstić information content (AvgIpc) is 2.21. The third-order valence-electron chi connectivity index (χ3n) is 1.58. The summed E-state index contributed by atoms with van der Waals surface area (Å²) < 4.78 is 13.2. The molecule has 0 amide bonds. The highest BCUT2D eigenvalue weighted by molar-refractivity contribution is 6.31. The maximum absolute atomic E-state index is 13.2. The zero-order valence-electron chi connectivity index (χ0n) is 7.74. The third kappa shape index (κ3) is 3.51. The van der Waals surface area contributed by atoms with Gasteiger partial charge in [0.15, 0.2) is 0 Å².